The Morgan fingerprint density at radius 3 is 2.88 bits per heavy atom. The second-order valence-electron chi connectivity index (χ2n) is 5.36. The van der Waals surface area contributed by atoms with E-state index in [-0.39, 0.29) is 5.91 Å². The molecule has 2 heterocycles. The van der Waals surface area contributed by atoms with Crippen LogP contribution < -0.4 is 5.32 Å². The van der Waals surface area contributed by atoms with Crippen LogP contribution in [0.2, 0.25) is 0 Å². The number of hydrogen-bond donors (Lipinski definition) is 2. The first-order valence-electron chi connectivity index (χ1n) is 7.44. The summed E-state index contributed by atoms with van der Waals surface area (Å²) in [6, 6.07) is 7.03. The molecule has 1 amide bonds. The van der Waals surface area contributed by atoms with E-state index < -0.39 is 12.0 Å². The molecule has 0 aliphatic rings. The van der Waals surface area contributed by atoms with Crippen molar-refractivity contribution >= 4 is 34.1 Å². The van der Waals surface area contributed by atoms with Crippen molar-refractivity contribution in [3.63, 3.8) is 0 Å². The second-order valence-corrected chi connectivity index (χ2v) is 6.43. The minimum atomic E-state index is -0.774. The number of amides is 1. The Balaban J connectivity index is 1.81. The van der Waals surface area contributed by atoms with Gasteiger partial charge in [-0.3, -0.25) is 4.79 Å². The van der Waals surface area contributed by atoms with Crippen molar-refractivity contribution in [3.8, 4) is 0 Å². The number of hydrogen-bond acceptors (Lipinski definition) is 5. The molecule has 0 saturated carbocycles. The van der Waals surface area contributed by atoms with Gasteiger partial charge in [-0.15, -0.1) is 11.3 Å². The average Bonchev–Trinajstić information content (AvgIpc) is 3.20. The zero-order valence-electron chi connectivity index (χ0n) is 13.3. The summed E-state index contributed by atoms with van der Waals surface area (Å²) in [5.41, 5.74) is 2.23. The first kappa shape index (κ1) is 16.2. The zero-order valence-corrected chi connectivity index (χ0v) is 14.1. The minimum Gasteiger partial charge on any atom is -0.467 e. The molecule has 1 atom stereocenters. The van der Waals surface area contributed by atoms with Crippen molar-refractivity contribution in [3.05, 3.63) is 52.1 Å². The summed E-state index contributed by atoms with van der Waals surface area (Å²) < 4.78 is 4.83. The van der Waals surface area contributed by atoms with Gasteiger partial charge in [-0.2, -0.15) is 0 Å². The number of para-hydroxylation sites is 1. The maximum atomic E-state index is 12.3. The molecule has 2 N–H and O–H groups in total. The van der Waals surface area contributed by atoms with Gasteiger partial charge in [0.1, 0.15) is 11.7 Å². The molecule has 3 rings (SSSR count). The topological polar surface area (TPSA) is 84.1 Å². The minimum absolute atomic E-state index is 0.310. The standard InChI is InChI=1S/C17H17N3O3S/c1-10-19-15(9-24-10)16(21)20-14(17(22)23-2)7-11-8-18-13-6-4-3-5-12(11)13/h3-6,8-9,14,18H,7H2,1-2H3,(H,20,21). The van der Waals surface area contributed by atoms with Crippen molar-refractivity contribution in [1.82, 2.24) is 15.3 Å². The molecular weight excluding hydrogens is 326 g/mol. The first-order chi connectivity index (χ1) is 11.6. The molecular formula is C17H17N3O3S. The Hall–Kier alpha value is -2.67. The van der Waals surface area contributed by atoms with Gasteiger partial charge in [-0.05, 0) is 18.6 Å². The zero-order chi connectivity index (χ0) is 17.1. The molecule has 0 fully saturated rings. The number of thiazole rings is 1. The van der Waals surface area contributed by atoms with E-state index in [1.807, 2.05) is 37.4 Å². The summed E-state index contributed by atoms with van der Waals surface area (Å²) in [7, 11) is 1.31. The highest BCUT2D eigenvalue weighted by Gasteiger charge is 2.24. The average molecular weight is 343 g/mol. The Morgan fingerprint density at radius 1 is 1.38 bits per heavy atom. The number of methoxy groups -OCH3 is 1. The van der Waals surface area contributed by atoms with Crippen molar-refractivity contribution in [2.75, 3.05) is 7.11 Å². The molecule has 0 saturated heterocycles. The van der Waals surface area contributed by atoms with E-state index in [4.69, 9.17) is 4.74 Å². The lowest BCUT2D eigenvalue weighted by molar-refractivity contribution is -0.142. The van der Waals surface area contributed by atoms with Gasteiger partial charge in [-0.25, -0.2) is 9.78 Å². The number of carbonyl (C=O) groups excluding carboxylic acids is 2. The lowest BCUT2D eigenvalue weighted by Gasteiger charge is -2.15. The lowest BCUT2D eigenvalue weighted by Crippen LogP contribution is -2.43. The monoisotopic (exact) mass is 343 g/mol. The van der Waals surface area contributed by atoms with Gasteiger partial charge in [0.15, 0.2) is 0 Å². The number of ether oxygens (including phenoxy) is 1. The summed E-state index contributed by atoms with van der Waals surface area (Å²) in [6.07, 6.45) is 2.19. The maximum absolute atomic E-state index is 12.3. The smallest absolute Gasteiger partial charge is 0.328 e. The highest BCUT2D eigenvalue weighted by Crippen LogP contribution is 2.19. The van der Waals surface area contributed by atoms with Crippen LogP contribution in [0.15, 0.2) is 35.8 Å². The van der Waals surface area contributed by atoms with E-state index in [1.165, 1.54) is 18.4 Å². The quantitative estimate of drug-likeness (QED) is 0.697. The molecule has 3 aromatic rings. The number of aromatic amines is 1. The van der Waals surface area contributed by atoms with Gasteiger partial charge in [-0.1, -0.05) is 18.2 Å². The largest absolute Gasteiger partial charge is 0.467 e. The molecule has 1 unspecified atom stereocenters. The van der Waals surface area contributed by atoms with Gasteiger partial charge in [0.2, 0.25) is 0 Å². The fourth-order valence-corrected chi connectivity index (χ4v) is 3.15. The normalized spacial score (nSPS) is 12.1. The highest BCUT2D eigenvalue weighted by molar-refractivity contribution is 7.09. The molecule has 124 valence electrons. The lowest BCUT2D eigenvalue weighted by atomic mass is 10.0. The van der Waals surface area contributed by atoms with E-state index in [1.54, 1.807) is 5.38 Å². The third-order valence-electron chi connectivity index (χ3n) is 3.74. The number of H-pyrrole nitrogens is 1. The summed E-state index contributed by atoms with van der Waals surface area (Å²) in [4.78, 5) is 31.7. The Morgan fingerprint density at radius 2 is 2.17 bits per heavy atom. The number of carbonyl (C=O) groups is 2. The van der Waals surface area contributed by atoms with Crippen LogP contribution in [0.1, 0.15) is 21.1 Å². The predicted octanol–water partition coefficient (Wildman–Crippen LogP) is 2.45. The number of nitrogens with one attached hydrogen (secondary N) is 2. The van der Waals surface area contributed by atoms with E-state index in [9.17, 15) is 9.59 Å². The number of fused-ring (bicyclic) bond motifs is 1. The SMILES string of the molecule is COC(=O)C(Cc1c[nH]c2ccccc12)NC(=O)c1csc(C)n1. The molecule has 1 aromatic carbocycles. The number of rotatable bonds is 5. The Kier molecular flexibility index (Phi) is 4.61. The highest BCUT2D eigenvalue weighted by atomic mass is 32.1. The Bertz CT molecular complexity index is 884. The van der Waals surface area contributed by atoms with Crippen LogP contribution in [0.25, 0.3) is 10.9 Å². The van der Waals surface area contributed by atoms with Crippen LogP contribution in [0.3, 0.4) is 0 Å². The second kappa shape index (κ2) is 6.84. The van der Waals surface area contributed by atoms with E-state index in [0.29, 0.717) is 12.1 Å². The number of aromatic nitrogens is 2. The fraction of sp³-hybridized carbons (Fsp3) is 0.235. The van der Waals surface area contributed by atoms with E-state index >= 15 is 0 Å². The molecule has 24 heavy (non-hydrogen) atoms. The van der Waals surface area contributed by atoms with Crippen molar-refractivity contribution in [2.24, 2.45) is 0 Å². The van der Waals surface area contributed by atoms with Gasteiger partial charge in [0.25, 0.3) is 5.91 Å². The van der Waals surface area contributed by atoms with Crippen LogP contribution in [-0.2, 0) is 16.0 Å². The molecule has 0 aliphatic carbocycles. The van der Waals surface area contributed by atoms with Crippen molar-refractivity contribution in [1.29, 1.82) is 0 Å². The third kappa shape index (κ3) is 3.30. The van der Waals surface area contributed by atoms with Crippen LogP contribution in [0.5, 0.6) is 0 Å². The fourth-order valence-electron chi connectivity index (χ4n) is 2.56. The molecule has 6 nitrogen and oxygen atoms in total. The summed E-state index contributed by atoms with van der Waals surface area (Å²) in [5.74, 6) is -0.866. The van der Waals surface area contributed by atoms with Gasteiger partial charge < -0.3 is 15.0 Å². The van der Waals surface area contributed by atoms with E-state index in [2.05, 4.69) is 15.3 Å². The molecule has 0 radical (unpaired) electrons. The predicted molar refractivity (Wildman–Crippen MR) is 92.1 cm³/mol. The first-order valence-corrected chi connectivity index (χ1v) is 8.32. The van der Waals surface area contributed by atoms with Crippen LogP contribution in [0, 0.1) is 6.92 Å². The molecule has 0 aliphatic heterocycles. The maximum Gasteiger partial charge on any atom is 0.328 e. The Labute approximate surface area is 142 Å². The molecule has 2 aromatic heterocycles. The number of aryl methyl sites for hydroxylation is 1. The molecule has 0 bridgehead atoms. The molecule has 7 heteroatoms. The third-order valence-corrected chi connectivity index (χ3v) is 4.52. The van der Waals surface area contributed by atoms with Crippen molar-refractivity contribution in [2.45, 2.75) is 19.4 Å². The van der Waals surface area contributed by atoms with Crippen LogP contribution in [-0.4, -0.2) is 35.0 Å². The number of nitrogens with zero attached hydrogens (tertiary/aromatic N) is 1. The summed E-state index contributed by atoms with van der Waals surface area (Å²) >= 11 is 1.39. The van der Waals surface area contributed by atoms with Gasteiger partial charge >= 0.3 is 5.97 Å². The van der Waals surface area contributed by atoms with Crippen LogP contribution in [0.4, 0.5) is 0 Å². The van der Waals surface area contributed by atoms with Crippen molar-refractivity contribution < 1.29 is 14.3 Å². The summed E-state index contributed by atoms with van der Waals surface area (Å²) in [5, 5.41) is 6.20. The number of benzene rings is 1. The van der Waals surface area contributed by atoms with Crippen LogP contribution >= 0.6 is 11.3 Å². The van der Waals surface area contributed by atoms with Gasteiger partial charge in [0.05, 0.1) is 12.1 Å². The van der Waals surface area contributed by atoms with Gasteiger partial charge in [0, 0.05) is 28.9 Å². The number of esters is 1. The summed E-state index contributed by atoms with van der Waals surface area (Å²) in [6.45, 7) is 1.82. The van der Waals surface area contributed by atoms with E-state index in [0.717, 1.165) is 21.5 Å². The molecule has 0 spiro atoms.